The monoisotopic (exact) mass is 205 g/mol. The second kappa shape index (κ2) is 3.23. The van der Waals surface area contributed by atoms with Crippen LogP contribution in [0.15, 0.2) is 39.5 Å². The first-order chi connectivity index (χ1) is 6.68. The van der Waals surface area contributed by atoms with E-state index in [1.54, 1.807) is 18.2 Å². The summed E-state index contributed by atoms with van der Waals surface area (Å²) in [7, 11) is 0. The maximum atomic E-state index is 11.3. The van der Waals surface area contributed by atoms with E-state index in [0.29, 0.717) is 5.58 Å². The average Bonchev–Trinajstić information content (AvgIpc) is 2.16. The molecule has 14 heavy (non-hydrogen) atoms. The Labute approximate surface area is 85.1 Å². The highest BCUT2D eigenvalue weighted by Crippen LogP contribution is 2.12. The number of hydrogen-bond acceptors (Lipinski definition) is 3. The lowest BCUT2D eigenvalue weighted by Crippen LogP contribution is -2.19. The van der Waals surface area contributed by atoms with Crippen LogP contribution in [0.5, 0.6) is 0 Å². The Morgan fingerprint density at radius 3 is 2.79 bits per heavy atom. The van der Waals surface area contributed by atoms with Crippen molar-refractivity contribution < 1.29 is 4.42 Å². The van der Waals surface area contributed by atoms with Crippen LogP contribution in [0.3, 0.4) is 0 Å². The molecule has 0 saturated heterocycles. The number of thiocarbonyl (C=S) groups is 1. The predicted octanol–water partition coefficient (Wildman–Crippen LogP) is 1.43. The standard InChI is InChI=1S/C10H7NO2S/c11-9(14)7-5-6-3-1-2-4-8(6)13-10(7)12/h1-5H,(H2,11,14). The summed E-state index contributed by atoms with van der Waals surface area (Å²) in [6.45, 7) is 0. The molecule has 0 amide bonds. The predicted molar refractivity (Wildman–Crippen MR) is 58.4 cm³/mol. The molecule has 2 N–H and O–H groups in total. The summed E-state index contributed by atoms with van der Waals surface area (Å²) < 4.78 is 5.03. The Balaban J connectivity index is 2.84. The van der Waals surface area contributed by atoms with Crippen LogP contribution in [0.4, 0.5) is 0 Å². The first kappa shape index (κ1) is 8.90. The Hall–Kier alpha value is -1.68. The van der Waals surface area contributed by atoms with E-state index in [2.05, 4.69) is 0 Å². The maximum absolute atomic E-state index is 11.3. The third-order valence-electron chi connectivity index (χ3n) is 1.91. The van der Waals surface area contributed by atoms with Gasteiger partial charge in [-0.15, -0.1) is 0 Å². The highest BCUT2D eigenvalue weighted by molar-refractivity contribution is 7.80. The molecule has 2 aromatic rings. The van der Waals surface area contributed by atoms with Crippen molar-refractivity contribution in [1.82, 2.24) is 0 Å². The first-order valence-electron chi connectivity index (χ1n) is 4.01. The van der Waals surface area contributed by atoms with Crippen LogP contribution in [0.1, 0.15) is 5.56 Å². The summed E-state index contributed by atoms with van der Waals surface area (Å²) in [6, 6.07) is 8.85. The van der Waals surface area contributed by atoms with E-state index in [-0.39, 0.29) is 10.6 Å². The molecule has 0 saturated carbocycles. The van der Waals surface area contributed by atoms with E-state index in [4.69, 9.17) is 22.4 Å². The van der Waals surface area contributed by atoms with Gasteiger partial charge in [0.05, 0.1) is 5.56 Å². The lowest BCUT2D eigenvalue weighted by Gasteiger charge is -1.98. The van der Waals surface area contributed by atoms with Crippen LogP contribution >= 0.6 is 12.2 Å². The van der Waals surface area contributed by atoms with Crippen molar-refractivity contribution >= 4 is 28.2 Å². The van der Waals surface area contributed by atoms with Gasteiger partial charge in [0.15, 0.2) is 0 Å². The SMILES string of the molecule is NC(=S)c1cc2ccccc2oc1=O. The molecule has 0 bridgehead atoms. The number of nitrogens with two attached hydrogens (primary N) is 1. The summed E-state index contributed by atoms with van der Waals surface area (Å²) in [4.78, 5) is 11.4. The smallest absolute Gasteiger partial charge is 0.346 e. The van der Waals surface area contributed by atoms with Gasteiger partial charge in [0, 0.05) is 5.39 Å². The summed E-state index contributed by atoms with van der Waals surface area (Å²) in [5.41, 5.74) is 5.68. The fraction of sp³-hybridized carbons (Fsp3) is 0. The van der Waals surface area contributed by atoms with Crippen LogP contribution in [0.2, 0.25) is 0 Å². The number of hydrogen-bond donors (Lipinski definition) is 1. The molecule has 0 aliphatic rings. The van der Waals surface area contributed by atoms with Gasteiger partial charge in [-0.05, 0) is 12.1 Å². The van der Waals surface area contributed by atoms with Gasteiger partial charge in [-0.25, -0.2) is 4.79 Å². The molecule has 0 unspecified atom stereocenters. The second-order valence-corrected chi connectivity index (χ2v) is 3.29. The fourth-order valence-electron chi connectivity index (χ4n) is 1.23. The Kier molecular flexibility index (Phi) is 2.05. The van der Waals surface area contributed by atoms with Crippen molar-refractivity contribution in [3.05, 3.63) is 46.3 Å². The van der Waals surface area contributed by atoms with Crippen LogP contribution in [0.25, 0.3) is 11.0 Å². The third kappa shape index (κ3) is 1.40. The molecule has 0 fully saturated rings. The van der Waals surface area contributed by atoms with Gasteiger partial charge in [0.2, 0.25) is 0 Å². The molecule has 0 spiro atoms. The van der Waals surface area contributed by atoms with E-state index in [9.17, 15) is 4.79 Å². The molecule has 1 aromatic carbocycles. The van der Waals surface area contributed by atoms with Gasteiger partial charge in [-0.3, -0.25) is 0 Å². The topological polar surface area (TPSA) is 56.2 Å². The molecule has 1 aromatic heterocycles. The summed E-state index contributed by atoms with van der Waals surface area (Å²) in [5.74, 6) is 0. The number of para-hydroxylation sites is 1. The molecule has 0 atom stereocenters. The molecule has 0 aliphatic heterocycles. The molecule has 0 aliphatic carbocycles. The van der Waals surface area contributed by atoms with Crippen LogP contribution in [-0.4, -0.2) is 4.99 Å². The lowest BCUT2D eigenvalue weighted by atomic mass is 10.2. The molecular weight excluding hydrogens is 198 g/mol. The second-order valence-electron chi connectivity index (χ2n) is 2.85. The van der Waals surface area contributed by atoms with Gasteiger partial charge in [0.25, 0.3) is 0 Å². The molecular formula is C10H7NO2S. The van der Waals surface area contributed by atoms with E-state index in [1.807, 2.05) is 12.1 Å². The largest absolute Gasteiger partial charge is 0.422 e. The summed E-state index contributed by atoms with van der Waals surface area (Å²) >= 11 is 4.73. The van der Waals surface area contributed by atoms with Crippen LogP contribution in [0, 0.1) is 0 Å². The zero-order valence-corrected chi connectivity index (χ0v) is 8.01. The van der Waals surface area contributed by atoms with Gasteiger partial charge in [-0.2, -0.15) is 0 Å². The zero-order chi connectivity index (χ0) is 10.1. The van der Waals surface area contributed by atoms with E-state index in [0.717, 1.165) is 5.39 Å². The van der Waals surface area contributed by atoms with Crippen molar-refractivity contribution in [1.29, 1.82) is 0 Å². The fourth-order valence-corrected chi connectivity index (χ4v) is 1.38. The minimum atomic E-state index is -0.490. The van der Waals surface area contributed by atoms with Gasteiger partial charge in [0.1, 0.15) is 10.6 Å². The third-order valence-corrected chi connectivity index (χ3v) is 2.13. The molecule has 0 radical (unpaired) electrons. The lowest BCUT2D eigenvalue weighted by molar-refractivity contribution is 0.559. The molecule has 70 valence electrons. The minimum absolute atomic E-state index is 0.0597. The summed E-state index contributed by atoms with van der Waals surface area (Å²) in [6.07, 6.45) is 0. The van der Waals surface area contributed by atoms with Crippen LogP contribution < -0.4 is 11.4 Å². The zero-order valence-electron chi connectivity index (χ0n) is 7.19. The quantitative estimate of drug-likeness (QED) is 0.565. The number of rotatable bonds is 1. The molecule has 4 heteroatoms. The number of fused-ring (bicyclic) bond motifs is 1. The van der Waals surface area contributed by atoms with Crippen LogP contribution in [-0.2, 0) is 0 Å². The van der Waals surface area contributed by atoms with E-state index >= 15 is 0 Å². The highest BCUT2D eigenvalue weighted by Gasteiger charge is 2.06. The van der Waals surface area contributed by atoms with Crippen molar-refractivity contribution in [3.63, 3.8) is 0 Å². The number of benzene rings is 1. The Morgan fingerprint density at radius 1 is 1.36 bits per heavy atom. The van der Waals surface area contributed by atoms with Crippen molar-refractivity contribution in [2.75, 3.05) is 0 Å². The van der Waals surface area contributed by atoms with Crippen molar-refractivity contribution in [2.24, 2.45) is 5.73 Å². The van der Waals surface area contributed by atoms with E-state index < -0.39 is 5.63 Å². The van der Waals surface area contributed by atoms with Gasteiger partial charge >= 0.3 is 5.63 Å². The molecule has 2 rings (SSSR count). The first-order valence-corrected chi connectivity index (χ1v) is 4.42. The van der Waals surface area contributed by atoms with Gasteiger partial charge in [-0.1, -0.05) is 30.4 Å². The molecule has 1 heterocycles. The van der Waals surface area contributed by atoms with E-state index in [1.165, 1.54) is 0 Å². The Bertz CT molecular complexity index is 559. The minimum Gasteiger partial charge on any atom is -0.422 e. The summed E-state index contributed by atoms with van der Waals surface area (Å²) in [5, 5.41) is 0.815. The Morgan fingerprint density at radius 2 is 2.07 bits per heavy atom. The normalized spacial score (nSPS) is 10.3. The average molecular weight is 205 g/mol. The maximum Gasteiger partial charge on any atom is 0.346 e. The van der Waals surface area contributed by atoms with Crippen molar-refractivity contribution in [2.45, 2.75) is 0 Å². The van der Waals surface area contributed by atoms with Gasteiger partial charge < -0.3 is 10.2 Å². The highest BCUT2D eigenvalue weighted by atomic mass is 32.1. The molecule has 3 nitrogen and oxygen atoms in total. The van der Waals surface area contributed by atoms with Crippen molar-refractivity contribution in [3.8, 4) is 0 Å².